The molecule has 3 aromatic carbocycles. The zero-order chi connectivity index (χ0) is 30.6. The fourth-order valence-electron chi connectivity index (χ4n) is 5.28. The van der Waals surface area contributed by atoms with Gasteiger partial charge in [-0.15, -0.1) is 0 Å². The molecule has 1 N–H and O–H groups in total. The number of carbonyl (C=O) groups is 1. The average molecular weight is 613 g/mol. The van der Waals surface area contributed by atoms with Gasteiger partial charge in [-0.05, 0) is 40.2 Å². The van der Waals surface area contributed by atoms with Gasteiger partial charge in [-0.1, -0.05) is 112 Å². The van der Waals surface area contributed by atoms with Gasteiger partial charge in [-0.25, -0.2) is 0 Å². The summed E-state index contributed by atoms with van der Waals surface area (Å²) in [5.41, 5.74) is 0.916. The topological polar surface area (TPSA) is 91.3 Å². The standard InChI is InChI=1S/C33H45O7PSi/c1-33(2,3)42(30-20-11-7-12-21-30,31-22-13-8-14-23-31)40-29(19-15-18-28(34)26-41(36,37-4)38-5)24-32(35)39-25-27-16-9-6-10-17-27/h6-14,16-17,20-23,28-29,34H,15,18-19,24-26H2,1-5H3. The summed E-state index contributed by atoms with van der Waals surface area (Å²) in [7, 11) is -3.67. The molecule has 7 nitrogen and oxygen atoms in total. The summed E-state index contributed by atoms with van der Waals surface area (Å²) < 4.78 is 35.5. The highest BCUT2D eigenvalue weighted by Crippen LogP contribution is 2.47. The molecular weight excluding hydrogens is 567 g/mol. The third kappa shape index (κ3) is 9.21. The lowest BCUT2D eigenvalue weighted by molar-refractivity contribution is -0.147. The SMILES string of the molecule is COP(=O)(CC(O)CCCC(CC(=O)OCc1ccccc1)O[Si](c1ccccc1)(c1ccccc1)C(C)(C)C)OC. The van der Waals surface area contributed by atoms with E-state index in [0.29, 0.717) is 19.3 Å². The van der Waals surface area contributed by atoms with Gasteiger partial charge in [0.25, 0.3) is 8.32 Å². The van der Waals surface area contributed by atoms with Gasteiger partial charge in [-0.3, -0.25) is 9.36 Å². The van der Waals surface area contributed by atoms with Gasteiger partial charge in [0.15, 0.2) is 0 Å². The van der Waals surface area contributed by atoms with E-state index in [-0.39, 0.29) is 30.2 Å². The predicted molar refractivity (Wildman–Crippen MR) is 170 cm³/mol. The van der Waals surface area contributed by atoms with Crippen LogP contribution in [0.1, 0.15) is 52.0 Å². The lowest BCUT2D eigenvalue weighted by Gasteiger charge is -2.45. The number of rotatable bonds is 16. The summed E-state index contributed by atoms with van der Waals surface area (Å²) in [6.45, 7) is 6.77. The van der Waals surface area contributed by atoms with Crippen LogP contribution >= 0.6 is 7.60 Å². The molecule has 2 atom stereocenters. The lowest BCUT2D eigenvalue weighted by atomic mass is 10.1. The summed E-state index contributed by atoms with van der Waals surface area (Å²) >= 11 is 0. The average Bonchev–Trinajstić information content (AvgIpc) is 2.99. The molecule has 228 valence electrons. The van der Waals surface area contributed by atoms with Crippen LogP contribution in [0.25, 0.3) is 0 Å². The summed E-state index contributed by atoms with van der Waals surface area (Å²) in [4.78, 5) is 13.2. The number of aliphatic hydroxyl groups is 1. The predicted octanol–water partition coefficient (Wildman–Crippen LogP) is 6.08. The number of benzene rings is 3. The highest BCUT2D eigenvalue weighted by atomic mass is 31.2. The second-order valence-corrected chi connectivity index (χ2v) is 18.1. The molecule has 0 spiro atoms. The van der Waals surface area contributed by atoms with E-state index in [1.165, 1.54) is 14.2 Å². The number of ether oxygens (including phenoxy) is 1. The highest BCUT2D eigenvalue weighted by molar-refractivity contribution is 7.53. The Morgan fingerprint density at radius 3 is 1.81 bits per heavy atom. The molecule has 0 amide bonds. The summed E-state index contributed by atoms with van der Waals surface area (Å²) in [5, 5.41) is 12.6. The molecule has 0 aromatic heterocycles. The second-order valence-electron chi connectivity index (χ2n) is 11.5. The molecule has 3 rings (SSSR count). The third-order valence-electron chi connectivity index (χ3n) is 7.45. The summed E-state index contributed by atoms with van der Waals surface area (Å²) in [6, 6.07) is 30.2. The molecule has 0 heterocycles. The fraction of sp³-hybridized carbons (Fsp3) is 0.424. The van der Waals surface area contributed by atoms with E-state index in [2.05, 4.69) is 45.0 Å². The molecule has 2 unspecified atom stereocenters. The molecule has 0 saturated heterocycles. The molecule has 0 saturated carbocycles. The molecule has 0 bridgehead atoms. The molecule has 0 aliphatic rings. The Labute approximate surface area is 251 Å². The minimum absolute atomic E-state index is 0.0715. The van der Waals surface area contributed by atoms with Crippen molar-refractivity contribution in [3.05, 3.63) is 96.6 Å². The van der Waals surface area contributed by atoms with Gasteiger partial charge in [0.2, 0.25) is 0 Å². The van der Waals surface area contributed by atoms with Crippen molar-refractivity contribution in [3.8, 4) is 0 Å². The van der Waals surface area contributed by atoms with Gasteiger partial charge in [0.1, 0.15) is 6.61 Å². The first-order valence-corrected chi connectivity index (χ1v) is 18.0. The largest absolute Gasteiger partial charge is 0.461 e. The maximum Gasteiger partial charge on any atom is 0.332 e. The van der Waals surface area contributed by atoms with Crippen LogP contribution in [0.2, 0.25) is 5.04 Å². The Morgan fingerprint density at radius 2 is 1.33 bits per heavy atom. The number of aliphatic hydroxyl groups excluding tert-OH is 1. The van der Waals surface area contributed by atoms with Crippen molar-refractivity contribution in [2.45, 2.75) is 70.3 Å². The van der Waals surface area contributed by atoms with Crippen LogP contribution in [-0.2, 0) is 34.2 Å². The molecule has 0 aliphatic carbocycles. The number of esters is 1. The molecule has 0 radical (unpaired) electrons. The van der Waals surface area contributed by atoms with Crippen molar-refractivity contribution < 1.29 is 32.7 Å². The highest BCUT2D eigenvalue weighted by Gasteiger charge is 2.51. The van der Waals surface area contributed by atoms with Crippen LogP contribution < -0.4 is 10.4 Å². The van der Waals surface area contributed by atoms with Gasteiger partial charge in [0, 0.05) is 14.2 Å². The molecule has 9 heteroatoms. The number of hydrogen-bond donors (Lipinski definition) is 1. The maximum atomic E-state index is 13.2. The molecule has 42 heavy (non-hydrogen) atoms. The quantitative estimate of drug-likeness (QED) is 0.119. The maximum absolute atomic E-state index is 13.2. The Morgan fingerprint density at radius 1 is 0.833 bits per heavy atom. The first kappa shape index (κ1) is 33.9. The number of hydrogen-bond acceptors (Lipinski definition) is 7. The van der Waals surface area contributed by atoms with E-state index in [0.717, 1.165) is 15.9 Å². The summed E-state index contributed by atoms with van der Waals surface area (Å²) in [5.74, 6) is -0.342. The van der Waals surface area contributed by atoms with Crippen molar-refractivity contribution in [1.82, 2.24) is 0 Å². The van der Waals surface area contributed by atoms with Crippen LogP contribution in [0, 0.1) is 0 Å². The van der Waals surface area contributed by atoms with E-state index >= 15 is 0 Å². The van der Waals surface area contributed by atoms with Crippen molar-refractivity contribution in [2.24, 2.45) is 0 Å². The Hall–Kier alpha value is -2.58. The van der Waals surface area contributed by atoms with Crippen molar-refractivity contribution in [2.75, 3.05) is 20.4 Å². The van der Waals surface area contributed by atoms with Crippen molar-refractivity contribution >= 4 is 32.3 Å². The van der Waals surface area contributed by atoms with E-state index in [1.807, 2.05) is 66.7 Å². The smallest absolute Gasteiger partial charge is 0.332 e. The Kier molecular flexibility index (Phi) is 12.7. The van der Waals surface area contributed by atoms with Crippen LogP contribution in [-0.4, -0.2) is 52.0 Å². The van der Waals surface area contributed by atoms with E-state index in [9.17, 15) is 14.5 Å². The molecule has 0 aliphatic heterocycles. The van der Waals surface area contributed by atoms with Crippen molar-refractivity contribution in [3.63, 3.8) is 0 Å². The first-order valence-electron chi connectivity index (χ1n) is 14.4. The van der Waals surface area contributed by atoms with Gasteiger partial charge < -0.3 is 23.3 Å². The minimum Gasteiger partial charge on any atom is -0.461 e. The zero-order valence-electron chi connectivity index (χ0n) is 25.4. The van der Waals surface area contributed by atoms with Crippen LogP contribution in [0.4, 0.5) is 0 Å². The third-order valence-corrected chi connectivity index (χ3v) is 14.5. The molecule has 3 aromatic rings. The lowest BCUT2D eigenvalue weighted by Crippen LogP contribution is -2.67. The monoisotopic (exact) mass is 612 g/mol. The normalized spacial score (nSPS) is 13.9. The van der Waals surface area contributed by atoms with E-state index in [1.54, 1.807) is 0 Å². The van der Waals surface area contributed by atoms with Crippen LogP contribution in [0.5, 0.6) is 0 Å². The van der Waals surface area contributed by atoms with E-state index < -0.39 is 28.1 Å². The van der Waals surface area contributed by atoms with E-state index in [4.69, 9.17) is 18.2 Å². The fourth-order valence-corrected chi connectivity index (χ4v) is 11.1. The Bertz CT molecular complexity index is 1220. The van der Waals surface area contributed by atoms with Crippen LogP contribution in [0.3, 0.4) is 0 Å². The van der Waals surface area contributed by atoms with Gasteiger partial charge in [-0.2, -0.15) is 0 Å². The first-order chi connectivity index (χ1) is 20.0. The van der Waals surface area contributed by atoms with Crippen molar-refractivity contribution in [1.29, 1.82) is 0 Å². The summed E-state index contributed by atoms with van der Waals surface area (Å²) in [6.07, 6.45) is 0.0331. The zero-order valence-corrected chi connectivity index (χ0v) is 27.3. The Balaban J connectivity index is 1.89. The second kappa shape index (κ2) is 15.8. The minimum atomic E-state index is -3.35. The van der Waals surface area contributed by atoms with Crippen LogP contribution in [0.15, 0.2) is 91.0 Å². The van der Waals surface area contributed by atoms with Gasteiger partial charge in [0.05, 0.1) is 24.8 Å². The van der Waals surface area contributed by atoms with Gasteiger partial charge >= 0.3 is 13.6 Å². The number of carbonyl (C=O) groups excluding carboxylic acids is 1. The molecule has 0 fully saturated rings. The molecular formula is C33H45O7PSi.